The molecule has 186 valence electrons. The molecule has 2 saturated heterocycles. The number of amides is 4. The number of hydrogen-bond acceptors (Lipinski definition) is 11. The van der Waals surface area contributed by atoms with Crippen molar-refractivity contribution in [2.75, 3.05) is 25.4 Å². The van der Waals surface area contributed by atoms with Gasteiger partial charge in [-0.3, -0.25) is 14.1 Å². The van der Waals surface area contributed by atoms with Crippen molar-refractivity contribution in [3.63, 3.8) is 0 Å². The highest BCUT2D eigenvalue weighted by atomic mass is 32.2. The van der Waals surface area contributed by atoms with Gasteiger partial charge in [-0.2, -0.15) is 8.42 Å². The Balaban J connectivity index is 1.87. The van der Waals surface area contributed by atoms with Crippen LogP contribution in [0.1, 0.15) is 19.5 Å². The van der Waals surface area contributed by atoms with Crippen molar-refractivity contribution in [3.8, 4) is 0 Å². The van der Waals surface area contributed by atoms with Gasteiger partial charge in [0.15, 0.2) is 10.8 Å². The summed E-state index contributed by atoms with van der Waals surface area (Å²) in [6.07, 6.45) is 0. The minimum Gasteiger partial charge on any atom is -0.478 e. The van der Waals surface area contributed by atoms with Crippen LogP contribution in [0.4, 0.5) is 9.93 Å². The van der Waals surface area contributed by atoms with Gasteiger partial charge in [-0.05, 0) is 13.8 Å². The summed E-state index contributed by atoms with van der Waals surface area (Å²) in [5.41, 5.74) is 3.14. The van der Waals surface area contributed by atoms with E-state index in [0.717, 1.165) is 11.3 Å². The lowest BCUT2D eigenvalue weighted by Crippen LogP contribution is -2.74. The van der Waals surface area contributed by atoms with Crippen LogP contribution in [0.3, 0.4) is 0 Å². The first kappa shape index (κ1) is 25.1. The third-order valence-electron chi connectivity index (χ3n) is 4.92. The fourth-order valence-electron chi connectivity index (χ4n) is 3.06. The molecule has 0 unspecified atom stereocenters. The summed E-state index contributed by atoms with van der Waals surface area (Å²) < 4.78 is 32.9. The van der Waals surface area contributed by atoms with Crippen LogP contribution in [-0.4, -0.2) is 99.1 Å². The number of oxime groups is 1. The highest BCUT2D eigenvalue weighted by molar-refractivity contribution is 7.84. The summed E-state index contributed by atoms with van der Waals surface area (Å²) in [5, 5.41) is 19.0. The molecule has 0 aliphatic carbocycles. The molecule has 16 nitrogen and oxygen atoms in total. The third kappa shape index (κ3) is 5.02. The van der Waals surface area contributed by atoms with Crippen LogP contribution in [0.5, 0.6) is 0 Å². The Morgan fingerprint density at radius 1 is 1.44 bits per heavy atom. The maximum absolute atomic E-state index is 13.0. The van der Waals surface area contributed by atoms with Gasteiger partial charge >= 0.3 is 22.3 Å². The van der Waals surface area contributed by atoms with Gasteiger partial charge in [0.05, 0.1) is 6.04 Å². The average Bonchev–Trinajstić information content (AvgIpc) is 3.32. The number of carboxylic acids is 1. The first-order valence-electron chi connectivity index (χ1n) is 9.57. The molecular weight excluding hydrogens is 498 g/mol. The van der Waals surface area contributed by atoms with Crippen LogP contribution in [-0.2, 0) is 29.5 Å². The van der Waals surface area contributed by atoms with Gasteiger partial charge < -0.3 is 31.2 Å². The molecule has 0 aromatic carbocycles. The second kappa shape index (κ2) is 9.03. The van der Waals surface area contributed by atoms with Gasteiger partial charge in [-0.15, -0.1) is 11.3 Å². The van der Waals surface area contributed by atoms with Crippen molar-refractivity contribution in [3.05, 3.63) is 11.1 Å². The number of carbonyl (C=O) groups excluding carboxylic acids is 3. The molecule has 1 aromatic rings. The summed E-state index contributed by atoms with van der Waals surface area (Å²) in [6, 6.07) is -3.28. The van der Waals surface area contributed by atoms with E-state index in [2.05, 4.69) is 20.8 Å². The molecule has 1 aromatic heterocycles. The number of carboxylic acid groups (broad SMARTS) is 1. The van der Waals surface area contributed by atoms with E-state index in [1.54, 1.807) is 0 Å². The smallest absolute Gasteiger partial charge is 0.362 e. The summed E-state index contributed by atoms with van der Waals surface area (Å²) in [6.45, 7) is 2.56. The highest BCUT2D eigenvalue weighted by Gasteiger charge is 2.55. The fourth-order valence-corrected chi connectivity index (χ4v) is 4.48. The molecule has 0 radical (unpaired) electrons. The Morgan fingerprint density at radius 3 is 2.62 bits per heavy atom. The van der Waals surface area contributed by atoms with Crippen LogP contribution in [0.15, 0.2) is 10.5 Å². The Morgan fingerprint density at radius 2 is 2.12 bits per heavy atom. The number of thiazole rings is 1. The molecule has 2 aliphatic heterocycles. The number of hydrogen-bond donors (Lipinski definition) is 5. The fraction of sp³-hybridized carbons (Fsp3) is 0.500. The molecule has 3 rings (SSSR count). The van der Waals surface area contributed by atoms with E-state index >= 15 is 0 Å². The van der Waals surface area contributed by atoms with Gasteiger partial charge in [-0.1, -0.05) is 5.16 Å². The first-order chi connectivity index (χ1) is 15.7. The van der Waals surface area contributed by atoms with E-state index in [1.807, 2.05) is 0 Å². The Labute approximate surface area is 196 Å². The van der Waals surface area contributed by atoms with E-state index in [-0.39, 0.29) is 28.2 Å². The summed E-state index contributed by atoms with van der Waals surface area (Å²) >= 11 is 0.950. The van der Waals surface area contributed by atoms with Crippen molar-refractivity contribution >= 4 is 56.3 Å². The molecular formula is C16H21N7O9S2. The number of nitrogen functional groups attached to an aromatic ring is 1. The lowest BCUT2D eigenvalue weighted by atomic mass is 9.97. The zero-order chi connectivity index (χ0) is 25.4. The predicted molar refractivity (Wildman–Crippen MR) is 115 cm³/mol. The number of β-lactam (4-membered cyclic amide) rings is 1. The van der Waals surface area contributed by atoms with Crippen LogP contribution in [0.25, 0.3) is 0 Å². The summed E-state index contributed by atoms with van der Waals surface area (Å²) in [5.74, 6) is -3.59. The monoisotopic (exact) mass is 519 g/mol. The van der Waals surface area contributed by atoms with E-state index < -0.39 is 57.5 Å². The zero-order valence-electron chi connectivity index (χ0n) is 17.8. The molecule has 2 fully saturated rings. The highest BCUT2D eigenvalue weighted by Crippen LogP contribution is 2.25. The number of nitrogens with zero attached hydrogens (tertiary/aromatic N) is 4. The number of carbonyl (C=O) groups is 4. The molecule has 34 heavy (non-hydrogen) atoms. The predicted octanol–water partition coefficient (Wildman–Crippen LogP) is -2.17. The molecule has 4 amide bonds. The normalized spacial score (nSPS) is 21.2. The van der Waals surface area contributed by atoms with Crippen molar-refractivity contribution in [2.24, 2.45) is 5.16 Å². The van der Waals surface area contributed by atoms with E-state index in [0.29, 0.717) is 6.54 Å². The van der Waals surface area contributed by atoms with Crippen LogP contribution >= 0.6 is 11.3 Å². The number of aliphatic carboxylic acids is 1. The molecule has 0 saturated carbocycles. The van der Waals surface area contributed by atoms with E-state index in [1.165, 1.54) is 24.1 Å². The van der Waals surface area contributed by atoms with E-state index in [4.69, 9.17) is 10.6 Å². The molecule has 3 heterocycles. The lowest BCUT2D eigenvalue weighted by Gasteiger charge is -2.45. The van der Waals surface area contributed by atoms with Crippen molar-refractivity contribution in [1.82, 2.24) is 24.8 Å². The molecule has 6 N–H and O–H groups in total. The van der Waals surface area contributed by atoms with Gasteiger partial charge in [0, 0.05) is 25.0 Å². The van der Waals surface area contributed by atoms with Crippen molar-refractivity contribution < 1.29 is 42.1 Å². The molecule has 0 spiro atoms. The molecule has 18 heteroatoms. The number of anilines is 1. The van der Waals surface area contributed by atoms with Gasteiger partial charge in [0.1, 0.15) is 11.7 Å². The summed E-state index contributed by atoms with van der Waals surface area (Å²) in [7, 11) is -4.97. The van der Waals surface area contributed by atoms with Crippen LogP contribution < -0.4 is 16.4 Å². The first-order valence-corrected chi connectivity index (χ1v) is 11.9. The zero-order valence-corrected chi connectivity index (χ0v) is 19.4. The number of nitrogens with one attached hydrogen (secondary N) is 2. The minimum atomic E-state index is -4.97. The number of urea groups is 1. The Kier molecular flexibility index (Phi) is 6.67. The minimum absolute atomic E-state index is 0.0585. The second-order valence-electron chi connectivity index (χ2n) is 7.73. The standard InChI is InChI=1S/C16H21N7O9S2/c1-16(2,13(26)27)32-21-9(7-6-33-14(17)19-7)11(24)20-10-8(5-22-4-3-18-15(22)28)23(12(10)25)34(29,30)31/h6,8,10H,3-5H2,1-2H3,(H2,17,19)(H,18,28)(H,20,24)(H,26,27)(H,29,30,31)/t8-,10+/m1/s1. The SMILES string of the molecule is CC(C)(ON=C(C(=O)N[C@@H]1C(=O)N(S(=O)(=O)O)[C@@H]1CN1CCNC1=O)c1csc(N)n1)C(=O)O. The topological polar surface area (TPSA) is 234 Å². The van der Waals surface area contributed by atoms with Crippen molar-refractivity contribution in [2.45, 2.75) is 31.5 Å². The van der Waals surface area contributed by atoms with Gasteiger partial charge in [0.2, 0.25) is 5.60 Å². The maximum Gasteiger partial charge on any atom is 0.362 e. The lowest BCUT2D eigenvalue weighted by molar-refractivity contribution is -0.161. The Bertz CT molecular complexity index is 1160. The van der Waals surface area contributed by atoms with Gasteiger partial charge in [0.25, 0.3) is 11.8 Å². The maximum atomic E-state index is 13.0. The quantitative estimate of drug-likeness (QED) is 0.102. The van der Waals surface area contributed by atoms with Gasteiger partial charge in [-0.25, -0.2) is 18.9 Å². The molecule has 0 bridgehead atoms. The molecule has 2 atom stereocenters. The second-order valence-corrected chi connectivity index (χ2v) is 9.90. The van der Waals surface area contributed by atoms with Crippen molar-refractivity contribution in [1.29, 1.82) is 0 Å². The molecule has 2 aliphatic rings. The van der Waals surface area contributed by atoms with Crippen LogP contribution in [0.2, 0.25) is 0 Å². The van der Waals surface area contributed by atoms with Crippen LogP contribution in [0, 0.1) is 0 Å². The number of rotatable bonds is 9. The number of nitrogens with two attached hydrogens (primary N) is 1. The Hall–Kier alpha value is -3.51. The number of aromatic nitrogens is 1. The summed E-state index contributed by atoms with van der Waals surface area (Å²) in [4.78, 5) is 58.7. The average molecular weight is 520 g/mol. The largest absolute Gasteiger partial charge is 0.478 e. The third-order valence-corrected chi connectivity index (χ3v) is 6.54. The van der Waals surface area contributed by atoms with E-state index in [9.17, 15) is 37.3 Å².